The van der Waals surface area contributed by atoms with Gasteiger partial charge in [0.05, 0.1) is 19.8 Å². The molecule has 9 nitrogen and oxygen atoms in total. The van der Waals surface area contributed by atoms with Gasteiger partial charge >= 0.3 is 0 Å². The molecular formula is C32H44ClNO8. The third-order valence-electron chi connectivity index (χ3n) is 8.17. The summed E-state index contributed by atoms with van der Waals surface area (Å²) in [6.45, 7) is -0.0569. The largest absolute Gasteiger partial charge is 0.494 e. The summed E-state index contributed by atoms with van der Waals surface area (Å²) in [4.78, 5) is 4.66. The highest BCUT2D eigenvalue weighted by molar-refractivity contribution is 6.31. The monoisotopic (exact) mass is 605 g/mol. The SMILES string of the molecule is CON=CCCCCCCCCCCOc1ccc(Cc2cc([C@]34OC[C@](CO)(O3)[C@@H](O)[C@H](O)[C@H]4O)ccc2Cl)cc1. The molecule has 2 aromatic carbocycles. The first-order chi connectivity index (χ1) is 20.3. The lowest BCUT2D eigenvalue weighted by atomic mass is 9.83. The molecule has 5 atom stereocenters. The van der Waals surface area contributed by atoms with Crippen LogP contribution >= 0.6 is 11.6 Å². The van der Waals surface area contributed by atoms with Crippen molar-refractivity contribution in [2.75, 3.05) is 26.9 Å². The van der Waals surface area contributed by atoms with Gasteiger partial charge in [-0.1, -0.05) is 73.5 Å². The van der Waals surface area contributed by atoms with E-state index in [-0.39, 0.29) is 6.61 Å². The molecule has 42 heavy (non-hydrogen) atoms. The maximum absolute atomic E-state index is 10.8. The summed E-state index contributed by atoms with van der Waals surface area (Å²) in [6.07, 6.45) is 8.32. The summed E-state index contributed by atoms with van der Waals surface area (Å²) in [6, 6.07) is 13.0. The van der Waals surface area contributed by atoms with E-state index < -0.39 is 36.3 Å². The van der Waals surface area contributed by atoms with Crippen LogP contribution < -0.4 is 4.74 Å². The number of rotatable bonds is 17. The molecule has 2 heterocycles. The van der Waals surface area contributed by atoms with E-state index in [1.54, 1.807) is 25.3 Å². The van der Waals surface area contributed by atoms with E-state index in [1.165, 1.54) is 32.1 Å². The quantitative estimate of drug-likeness (QED) is 0.118. The molecule has 2 aliphatic heterocycles. The normalized spacial score (nSPS) is 27.0. The highest BCUT2D eigenvalue weighted by Crippen LogP contribution is 2.49. The van der Waals surface area contributed by atoms with Crippen LogP contribution in [0.1, 0.15) is 74.5 Å². The van der Waals surface area contributed by atoms with Crippen molar-refractivity contribution >= 4 is 17.8 Å². The van der Waals surface area contributed by atoms with Crippen LogP contribution in [0.5, 0.6) is 5.75 Å². The molecule has 10 heteroatoms. The average molecular weight is 606 g/mol. The molecule has 0 unspecified atom stereocenters. The Morgan fingerprint density at radius 3 is 2.33 bits per heavy atom. The van der Waals surface area contributed by atoms with Gasteiger partial charge in [0.15, 0.2) is 0 Å². The van der Waals surface area contributed by atoms with Crippen molar-refractivity contribution in [3.8, 4) is 5.75 Å². The number of aliphatic hydroxyl groups is 4. The molecule has 0 spiro atoms. The van der Waals surface area contributed by atoms with Gasteiger partial charge in [0.1, 0.15) is 36.8 Å². The van der Waals surface area contributed by atoms with Gasteiger partial charge in [0, 0.05) is 16.8 Å². The number of fused-ring (bicyclic) bond motifs is 2. The van der Waals surface area contributed by atoms with Crippen LogP contribution in [-0.2, 0) is 26.5 Å². The number of nitrogens with zero attached hydrogens (tertiary/aromatic N) is 1. The van der Waals surface area contributed by atoms with Gasteiger partial charge in [-0.15, -0.1) is 0 Å². The molecule has 0 aliphatic carbocycles. The first-order valence-electron chi connectivity index (χ1n) is 14.9. The molecule has 4 N–H and O–H groups in total. The molecule has 2 saturated heterocycles. The van der Waals surface area contributed by atoms with Crippen LogP contribution in [-0.4, -0.2) is 77.5 Å². The Morgan fingerprint density at radius 2 is 1.64 bits per heavy atom. The van der Waals surface area contributed by atoms with E-state index in [2.05, 4.69) is 9.99 Å². The van der Waals surface area contributed by atoms with Crippen LogP contribution in [0, 0.1) is 0 Å². The average Bonchev–Trinajstić information content (AvgIpc) is 3.39. The van der Waals surface area contributed by atoms with Crippen LogP contribution in [0.25, 0.3) is 0 Å². The molecule has 2 aliphatic rings. The lowest BCUT2D eigenvalue weighted by molar-refractivity contribution is -0.329. The second kappa shape index (κ2) is 15.5. The van der Waals surface area contributed by atoms with Gasteiger partial charge in [-0.05, 0) is 61.1 Å². The summed E-state index contributed by atoms with van der Waals surface area (Å²) in [5, 5.41) is 45.9. The maximum atomic E-state index is 10.8. The van der Waals surface area contributed by atoms with Crippen molar-refractivity contribution < 1.29 is 39.5 Å². The Morgan fingerprint density at radius 1 is 0.952 bits per heavy atom. The Labute approximate surface area is 253 Å². The number of halogens is 1. The van der Waals surface area contributed by atoms with Gasteiger partial charge in [-0.3, -0.25) is 0 Å². The lowest BCUT2D eigenvalue weighted by Gasteiger charge is -2.46. The standard InChI is InChI=1S/C32H44ClNO8/c1-39-34-17-9-7-5-3-2-4-6-8-10-18-40-26-14-11-23(12-15-26)19-24-20-25(13-16-27(24)33)32-30(38)28(36)29(37)31(21-35,42-32)22-41-32/h11-17,20,28-30,35-38H,2-10,18-19,21-22H2,1H3/t28-,29-,30+,31-,32-/m0/s1. The minimum absolute atomic E-state index is 0.176. The number of hydrogen-bond acceptors (Lipinski definition) is 9. The topological polar surface area (TPSA) is 130 Å². The van der Waals surface area contributed by atoms with Gasteiger partial charge in [0.2, 0.25) is 5.79 Å². The van der Waals surface area contributed by atoms with Crippen molar-refractivity contribution in [2.24, 2.45) is 5.16 Å². The van der Waals surface area contributed by atoms with Crippen molar-refractivity contribution in [2.45, 2.75) is 93.9 Å². The molecular weight excluding hydrogens is 562 g/mol. The summed E-state index contributed by atoms with van der Waals surface area (Å²) in [5.74, 6) is -0.904. The molecule has 2 fully saturated rings. The predicted octanol–water partition coefficient (Wildman–Crippen LogP) is 4.48. The lowest BCUT2D eigenvalue weighted by Crippen LogP contribution is -2.65. The highest BCUT2D eigenvalue weighted by atomic mass is 35.5. The third kappa shape index (κ3) is 7.63. The van der Waals surface area contributed by atoms with Crippen LogP contribution in [0.2, 0.25) is 5.02 Å². The smallest absolute Gasteiger partial charge is 0.225 e. The third-order valence-corrected chi connectivity index (χ3v) is 8.54. The zero-order valence-electron chi connectivity index (χ0n) is 24.3. The van der Waals surface area contributed by atoms with E-state index in [4.69, 9.17) is 25.8 Å². The Bertz CT molecular complexity index is 1150. The number of ether oxygens (including phenoxy) is 3. The molecule has 0 saturated carbocycles. The summed E-state index contributed by atoms with van der Waals surface area (Å²) >= 11 is 6.52. The predicted molar refractivity (Wildman–Crippen MR) is 160 cm³/mol. The van der Waals surface area contributed by atoms with E-state index in [9.17, 15) is 20.4 Å². The van der Waals surface area contributed by atoms with E-state index in [1.807, 2.05) is 30.5 Å². The van der Waals surface area contributed by atoms with E-state index in [0.29, 0.717) is 23.6 Å². The van der Waals surface area contributed by atoms with Crippen molar-refractivity contribution in [1.82, 2.24) is 0 Å². The van der Waals surface area contributed by atoms with Crippen LogP contribution in [0.3, 0.4) is 0 Å². The van der Waals surface area contributed by atoms with Crippen LogP contribution in [0.15, 0.2) is 47.6 Å². The first kappa shape index (κ1) is 32.7. The molecule has 232 valence electrons. The first-order valence-corrected chi connectivity index (χ1v) is 15.3. The molecule has 0 radical (unpaired) electrons. The fourth-order valence-electron chi connectivity index (χ4n) is 5.64. The molecule has 0 aromatic heterocycles. The zero-order chi connectivity index (χ0) is 30.0. The molecule has 2 aromatic rings. The van der Waals surface area contributed by atoms with Gasteiger partial charge in [-0.25, -0.2) is 0 Å². The van der Waals surface area contributed by atoms with Gasteiger partial charge in [-0.2, -0.15) is 0 Å². The molecule has 2 bridgehead atoms. The second-order valence-corrected chi connectivity index (χ2v) is 11.6. The van der Waals surface area contributed by atoms with E-state index in [0.717, 1.165) is 42.6 Å². The molecule has 0 amide bonds. The number of benzene rings is 2. The maximum Gasteiger partial charge on any atom is 0.225 e. The number of unbranched alkanes of at least 4 members (excludes halogenated alkanes) is 8. The summed E-state index contributed by atoms with van der Waals surface area (Å²) < 4.78 is 17.7. The van der Waals surface area contributed by atoms with Gasteiger partial charge < -0.3 is 39.5 Å². The van der Waals surface area contributed by atoms with Gasteiger partial charge in [0.25, 0.3) is 0 Å². The Hall–Kier alpha value is -2.24. The highest BCUT2D eigenvalue weighted by Gasteiger charge is 2.67. The minimum atomic E-state index is -1.72. The van der Waals surface area contributed by atoms with Crippen molar-refractivity contribution in [1.29, 1.82) is 0 Å². The minimum Gasteiger partial charge on any atom is -0.494 e. The van der Waals surface area contributed by atoms with Crippen LogP contribution in [0.4, 0.5) is 0 Å². The fraction of sp³-hybridized carbons (Fsp3) is 0.594. The zero-order valence-corrected chi connectivity index (χ0v) is 25.0. The van der Waals surface area contributed by atoms with Crippen molar-refractivity contribution in [3.05, 3.63) is 64.2 Å². The number of aliphatic hydroxyl groups excluding tert-OH is 4. The number of hydrogen-bond donors (Lipinski definition) is 4. The fourth-order valence-corrected chi connectivity index (χ4v) is 5.83. The Kier molecular flexibility index (Phi) is 12.0. The number of oxime groups is 1. The Balaban J connectivity index is 1.22. The second-order valence-electron chi connectivity index (χ2n) is 11.2. The van der Waals surface area contributed by atoms with Crippen molar-refractivity contribution in [3.63, 3.8) is 0 Å². The van der Waals surface area contributed by atoms with E-state index >= 15 is 0 Å². The summed E-state index contributed by atoms with van der Waals surface area (Å²) in [5.41, 5.74) is 0.721. The summed E-state index contributed by atoms with van der Waals surface area (Å²) in [7, 11) is 1.57. The molecule has 4 rings (SSSR count).